The van der Waals surface area contributed by atoms with Crippen LogP contribution in [0.15, 0.2) is 29.6 Å². The van der Waals surface area contributed by atoms with Crippen LogP contribution in [0.25, 0.3) is 0 Å². The molecule has 0 radical (unpaired) electrons. The van der Waals surface area contributed by atoms with E-state index in [-0.39, 0.29) is 6.04 Å². The van der Waals surface area contributed by atoms with Crippen LogP contribution in [0.4, 0.5) is 0 Å². The van der Waals surface area contributed by atoms with E-state index in [0.717, 1.165) is 38.0 Å². The lowest BCUT2D eigenvalue weighted by molar-refractivity contribution is 0.246. The number of thiophene rings is 1. The van der Waals surface area contributed by atoms with Crippen molar-refractivity contribution in [2.75, 3.05) is 13.1 Å². The SMILES string of the molecule is NC(CCN1CCc2sccc2C1)c1cccc(Cl)c1Cl. The van der Waals surface area contributed by atoms with Crippen molar-refractivity contribution in [1.29, 1.82) is 0 Å². The predicted octanol–water partition coefficient (Wildman–Crippen LogP) is 4.50. The fourth-order valence-electron chi connectivity index (χ4n) is 2.78. The largest absolute Gasteiger partial charge is 0.324 e. The van der Waals surface area contributed by atoms with E-state index in [4.69, 9.17) is 28.9 Å². The van der Waals surface area contributed by atoms with E-state index in [9.17, 15) is 0 Å². The van der Waals surface area contributed by atoms with Crippen molar-refractivity contribution < 1.29 is 0 Å². The topological polar surface area (TPSA) is 29.3 Å². The zero-order valence-corrected chi connectivity index (χ0v) is 14.0. The van der Waals surface area contributed by atoms with Gasteiger partial charge in [-0.3, -0.25) is 4.90 Å². The predicted molar refractivity (Wildman–Crippen MR) is 91.3 cm³/mol. The Morgan fingerprint density at radius 3 is 3.00 bits per heavy atom. The second kappa shape index (κ2) is 6.67. The molecule has 0 aliphatic carbocycles. The van der Waals surface area contributed by atoms with Gasteiger partial charge in [0.2, 0.25) is 0 Å². The summed E-state index contributed by atoms with van der Waals surface area (Å²) in [7, 11) is 0. The highest BCUT2D eigenvalue weighted by molar-refractivity contribution is 7.10. The van der Waals surface area contributed by atoms with Crippen LogP contribution in [0.1, 0.15) is 28.5 Å². The maximum Gasteiger partial charge on any atom is 0.0640 e. The van der Waals surface area contributed by atoms with Crippen molar-refractivity contribution in [3.8, 4) is 0 Å². The summed E-state index contributed by atoms with van der Waals surface area (Å²) >= 11 is 14.2. The quantitative estimate of drug-likeness (QED) is 0.887. The molecule has 0 saturated heterocycles. The van der Waals surface area contributed by atoms with Crippen molar-refractivity contribution in [3.05, 3.63) is 55.7 Å². The van der Waals surface area contributed by atoms with Gasteiger partial charge >= 0.3 is 0 Å². The van der Waals surface area contributed by atoms with Gasteiger partial charge in [0.15, 0.2) is 0 Å². The van der Waals surface area contributed by atoms with Gasteiger partial charge in [0, 0.05) is 30.6 Å². The lowest BCUT2D eigenvalue weighted by atomic mass is 10.0. The van der Waals surface area contributed by atoms with Crippen LogP contribution in [0.5, 0.6) is 0 Å². The smallest absolute Gasteiger partial charge is 0.0640 e. The van der Waals surface area contributed by atoms with E-state index < -0.39 is 0 Å². The summed E-state index contributed by atoms with van der Waals surface area (Å²) < 4.78 is 0. The summed E-state index contributed by atoms with van der Waals surface area (Å²) in [6.45, 7) is 3.14. The average molecular weight is 341 g/mol. The molecule has 1 atom stereocenters. The Balaban J connectivity index is 1.59. The number of hydrogen-bond acceptors (Lipinski definition) is 3. The van der Waals surface area contributed by atoms with Gasteiger partial charge < -0.3 is 5.73 Å². The molecule has 2 nitrogen and oxygen atoms in total. The Morgan fingerprint density at radius 2 is 2.14 bits per heavy atom. The van der Waals surface area contributed by atoms with Gasteiger partial charge in [0.1, 0.15) is 0 Å². The zero-order chi connectivity index (χ0) is 14.8. The number of hydrogen-bond donors (Lipinski definition) is 1. The van der Waals surface area contributed by atoms with Crippen LogP contribution in [-0.2, 0) is 13.0 Å². The van der Waals surface area contributed by atoms with Crippen molar-refractivity contribution in [2.24, 2.45) is 5.73 Å². The Bertz CT molecular complexity index is 626. The van der Waals surface area contributed by atoms with E-state index >= 15 is 0 Å². The molecule has 1 aromatic heterocycles. The van der Waals surface area contributed by atoms with Gasteiger partial charge in [-0.1, -0.05) is 35.3 Å². The molecular formula is C16H18Cl2N2S. The van der Waals surface area contributed by atoms with Gasteiger partial charge in [-0.25, -0.2) is 0 Å². The van der Waals surface area contributed by atoms with Crippen LogP contribution in [-0.4, -0.2) is 18.0 Å². The van der Waals surface area contributed by atoms with Crippen molar-refractivity contribution >= 4 is 34.5 Å². The number of nitrogens with two attached hydrogens (primary N) is 1. The minimum absolute atomic E-state index is 0.0694. The maximum absolute atomic E-state index is 6.29. The van der Waals surface area contributed by atoms with Gasteiger partial charge in [-0.15, -0.1) is 11.3 Å². The molecule has 1 aliphatic rings. The summed E-state index contributed by atoms with van der Waals surface area (Å²) in [4.78, 5) is 4.00. The molecule has 1 aliphatic heterocycles. The van der Waals surface area contributed by atoms with Gasteiger partial charge in [0.05, 0.1) is 10.0 Å². The van der Waals surface area contributed by atoms with Crippen molar-refractivity contribution in [1.82, 2.24) is 4.90 Å². The van der Waals surface area contributed by atoms with E-state index in [0.29, 0.717) is 10.0 Å². The van der Waals surface area contributed by atoms with Gasteiger partial charge in [-0.2, -0.15) is 0 Å². The van der Waals surface area contributed by atoms with Crippen LogP contribution in [0.3, 0.4) is 0 Å². The third-order valence-electron chi connectivity index (χ3n) is 4.02. The molecule has 0 amide bonds. The van der Waals surface area contributed by atoms with E-state index in [1.54, 1.807) is 6.07 Å². The van der Waals surface area contributed by atoms with Crippen LogP contribution in [0, 0.1) is 0 Å². The second-order valence-electron chi connectivity index (χ2n) is 5.43. The lowest BCUT2D eigenvalue weighted by Gasteiger charge is -2.28. The first-order valence-electron chi connectivity index (χ1n) is 7.12. The fraction of sp³-hybridized carbons (Fsp3) is 0.375. The minimum atomic E-state index is -0.0694. The normalized spacial score (nSPS) is 16.7. The first-order chi connectivity index (χ1) is 10.1. The zero-order valence-electron chi connectivity index (χ0n) is 11.7. The van der Waals surface area contributed by atoms with Gasteiger partial charge in [0.25, 0.3) is 0 Å². The molecule has 2 heterocycles. The Morgan fingerprint density at radius 1 is 1.29 bits per heavy atom. The molecule has 5 heteroatoms. The van der Waals surface area contributed by atoms with E-state index in [1.165, 1.54) is 10.4 Å². The molecule has 1 aromatic carbocycles. The lowest BCUT2D eigenvalue weighted by Crippen LogP contribution is -2.32. The molecule has 112 valence electrons. The molecule has 2 aromatic rings. The maximum atomic E-state index is 6.29. The third-order valence-corrected chi connectivity index (χ3v) is 5.88. The molecule has 0 saturated carbocycles. The number of rotatable bonds is 4. The second-order valence-corrected chi connectivity index (χ2v) is 7.22. The van der Waals surface area contributed by atoms with Crippen molar-refractivity contribution in [2.45, 2.75) is 25.4 Å². The number of benzene rings is 1. The number of halogens is 2. The average Bonchev–Trinajstić information content (AvgIpc) is 2.95. The molecule has 21 heavy (non-hydrogen) atoms. The van der Waals surface area contributed by atoms with Crippen LogP contribution < -0.4 is 5.73 Å². The van der Waals surface area contributed by atoms with E-state index in [2.05, 4.69) is 16.3 Å². The molecule has 3 rings (SSSR count). The number of nitrogens with zero attached hydrogens (tertiary/aromatic N) is 1. The summed E-state index contributed by atoms with van der Waals surface area (Å²) in [5.74, 6) is 0. The fourth-order valence-corrected chi connectivity index (χ4v) is 4.12. The molecule has 0 fully saturated rings. The summed E-state index contributed by atoms with van der Waals surface area (Å²) in [6.07, 6.45) is 2.04. The molecule has 2 N–H and O–H groups in total. The molecule has 0 bridgehead atoms. The van der Waals surface area contributed by atoms with Crippen LogP contribution in [0.2, 0.25) is 10.0 Å². The van der Waals surface area contributed by atoms with Crippen LogP contribution >= 0.6 is 34.5 Å². The summed E-state index contributed by atoms with van der Waals surface area (Å²) in [6, 6.07) is 7.83. The molecule has 1 unspecified atom stereocenters. The molecule has 0 spiro atoms. The highest BCUT2D eigenvalue weighted by atomic mass is 35.5. The third kappa shape index (κ3) is 3.43. The highest BCUT2D eigenvalue weighted by Gasteiger charge is 2.19. The Kier molecular flexibility index (Phi) is 4.87. The molecular weight excluding hydrogens is 323 g/mol. The highest BCUT2D eigenvalue weighted by Crippen LogP contribution is 2.31. The Labute approximate surface area is 139 Å². The summed E-state index contributed by atoms with van der Waals surface area (Å²) in [5, 5.41) is 3.35. The minimum Gasteiger partial charge on any atom is -0.324 e. The standard InChI is InChI=1S/C16H18Cl2N2S/c17-13-3-1-2-12(16(13)18)14(19)4-7-20-8-5-15-11(10-20)6-9-21-15/h1-3,6,9,14H,4-5,7-8,10,19H2. The van der Waals surface area contributed by atoms with Gasteiger partial charge in [-0.05, 0) is 41.5 Å². The number of fused-ring (bicyclic) bond motifs is 1. The van der Waals surface area contributed by atoms with E-state index in [1.807, 2.05) is 23.5 Å². The first kappa shape index (κ1) is 15.3. The Hall–Kier alpha value is -0.580. The first-order valence-corrected chi connectivity index (χ1v) is 8.76. The van der Waals surface area contributed by atoms with Crippen molar-refractivity contribution in [3.63, 3.8) is 0 Å². The summed E-state index contributed by atoms with van der Waals surface area (Å²) in [5.41, 5.74) is 8.70. The monoisotopic (exact) mass is 340 g/mol.